The molecule has 4 rings (SSSR count). The lowest BCUT2D eigenvalue weighted by Crippen LogP contribution is -2.27. The molecule has 0 bridgehead atoms. The molecule has 4 aromatic carbocycles. The lowest BCUT2D eigenvalue weighted by molar-refractivity contribution is -0.117. The molecule has 0 atom stereocenters. The van der Waals surface area contributed by atoms with Gasteiger partial charge in [-0.05, 0) is 72.6 Å². The van der Waals surface area contributed by atoms with Crippen molar-refractivity contribution in [2.24, 2.45) is 4.99 Å². The summed E-state index contributed by atoms with van der Waals surface area (Å²) in [4.78, 5) is 20.1. The number of hydrogen-bond acceptors (Lipinski definition) is 6. The molecular formula is C34H42N6O. The summed E-state index contributed by atoms with van der Waals surface area (Å²) in [5, 5.41) is 11.1. The molecule has 4 aromatic rings. The third-order valence-corrected chi connectivity index (χ3v) is 7.22. The second-order valence-corrected chi connectivity index (χ2v) is 10.5. The minimum Gasteiger partial charge on any atom is -0.397 e. The molecular weight excluding hydrogens is 508 g/mol. The van der Waals surface area contributed by atoms with Gasteiger partial charge in [-0.25, -0.2) is 0 Å². The Balaban J connectivity index is 1.61. The Kier molecular flexibility index (Phi) is 9.98. The number of benzene rings is 4. The number of fused-ring (bicyclic) bond motifs is 2. The molecule has 0 spiro atoms. The average molecular weight is 551 g/mol. The number of carbonyl (C=O) groups excluding carboxylic acids is 1. The molecule has 0 aromatic heterocycles. The zero-order chi connectivity index (χ0) is 29.4. The SMILES string of the molecule is C=C(CN(C=O)CCC)Nc1c(N)ccc2cc(-c3ccc4c(NC)c(N=CCN(C)CCC)ccc4c3)ccc12. The number of anilines is 3. The third-order valence-electron chi connectivity index (χ3n) is 7.22. The van der Waals surface area contributed by atoms with Crippen molar-refractivity contribution in [1.82, 2.24) is 9.80 Å². The molecule has 7 nitrogen and oxygen atoms in total. The highest BCUT2D eigenvalue weighted by atomic mass is 16.1. The number of amides is 1. The van der Waals surface area contributed by atoms with E-state index in [1.807, 2.05) is 32.3 Å². The topological polar surface area (TPSA) is 86.0 Å². The van der Waals surface area contributed by atoms with E-state index in [9.17, 15) is 4.79 Å². The summed E-state index contributed by atoms with van der Waals surface area (Å²) in [6.07, 6.45) is 4.86. The largest absolute Gasteiger partial charge is 0.397 e. The van der Waals surface area contributed by atoms with E-state index in [1.165, 1.54) is 0 Å². The number of nitrogens with two attached hydrogens (primary N) is 1. The fourth-order valence-corrected chi connectivity index (χ4v) is 5.20. The highest BCUT2D eigenvalue weighted by Crippen LogP contribution is 2.37. The highest BCUT2D eigenvalue weighted by molar-refractivity contribution is 6.04. The smallest absolute Gasteiger partial charge is 0.210 e. The molecule has 0 radical (unpaired) electrons. The number of aliphatic imine (C=N–C) groups is 1. The first-order valence-electron chi connectivity index (χ1n) is 14.3. The molecule has 41 heavy (non-hydrogen) atoms. The zero-order valence-electron chi connectivity index (χ0n) is 24.7. The van der Waals surface area contributed by atoms with Gasteiger partial charge >= 0.3 is 0 Å². The van der Waals surface area contributed by atoms with E-state index in [2.05, 4.69) is 84.6 Å². The van der Waals surface area contributed by atoms with Crippen molar-refractivity contribution in [3.05, 3.63) is 72.9 Å². The summed E-state index contributed by atoms with van der Waals surface area (Å²) in [7, 11) is 4.06. The first-order valence-corrected chi connectivity index (χ1v) is 14.3. The van der Waals surface area contributed by atoms with Crippen molar-refractivity contribution in [3.8, 4) is 11.1 Å². The average Bonchev–Trinajstić information content (AvgIpc) is 2.97. The second kappa shape index (κ2) is 13.8. The first-order chi connectivity index (χ1) is 19.9. The van der Waals surface area contributed by atoms with E-state index >= 15 is 0 Å². The van der Waals surface area contributed by atoms with Crippen LogP contribution in [0.3, 0.4) is 0 Å². The predicted molar refractivity (Wildman–Crippen MR) is 177 cm³/mol. The molecule has 214 valence electrons. The van der Waals surface area contributed by atoms with E-state index in [1.54, 1.807) is 4.90 Å². The Morgan fingerprint density at radius 1 is 0.927 bits per heavy atom. The van der Waals surface area contributed by atoms with Gasteiger partial charge in [-0.3, -0.25) is 9.79 Å². The standard InChI is InChI=1S/C34H42N6O/c1-6-17-39(5)19-16-37-32-15-11-28-21-26(9-13-30(28)34(32)36-4)25-8-12-29-27(20-25)10-14-31(35)33(29)38-24(3)22-40(23-41)18-7-2/h8-16,20-21,23,36,38H,3,6-7,17-19,22,35H2,1-2,4-5H3. The van der Waals surface area contributed by atoms with E-state index in [-0.39, 0.29) is 0 Å². The molecule has 1 amide bonds. The van der Waals surface area contributed by atoms with Crippen LogP contribution >= 0.6 is 0 Å². The van der Waals surface area contributed by atoms with Crippen LogP contribution in [0, 0.1) is 0 Å². The van der Waals surface area contributed by atoms with Gasteiger partial charge < -0.3 is 26.2 Å². The lowest BCUT2D eigenvalue weighted by Gasteiger charge is -2.20. The van der Waals surface area contributed by atoms with Gasteiger partial charge in [0.05, 0.1) is 29.3 Å². The molecule has 0 fully saturated rings. The molecule has 7 heteroatoms. The third kappa shape index (κ3) is 7.05. The quantitative estimate of drug-likeness (QED) is 0.0884. The number of hydrogen-bond donors (Lipinski definition) is 3. The van der Waals surface area contributed by atoms with E-state index in [0.29, 0.717) is 18.8 Å². The summed E-state index contributed by atoms with van der Waals surface area (Å²) in [6, 6.07) is 21.1. The molecule has 0 saturated heterocycles. The van der Waals surface area contributed by atoms with Gasteiger partial charge in [0.25, 0.3) is 0 Å². The molecule has 0 saturated carbocycles. The molecule has 0 unspecified atom stereocenters. The molecule has 0 aliphatic rings. The van der Waals surface area contributed by atoms with Gasteiger partial charge in [0, 0.05) is 42.8 Å². The second-order valence-electron chi connectivity index (χ2n) is 10.5. The van der Waals surface area contributed by atoms with Crippen molar-refractivity contribution in [3.63, 3.8) is 0 Å². The van der Waals surface area contributed by atoms with Gasteiger partial charge in [-0.2, -0.15) is 0 Å². The van der Waals surface area contributed by atoms with Crippen LogP contribution in [0.2, 0.25) is 0 Å². The Morgan fingerprint density at radius 3 is 2.17 bits per heavy atom. The predicted octanol–water partition coefficient (Wildman–Crippen LogP) is 7.12. The fourth-order valence-electron chi connectivity index (χ4n) is 5.20. The first kappa shape index (κ1) is 29.6. The van der Waals surface area contributed by atoms with Crippen LogP contribution in [0.25, 0.3) is 32.7 Å². The fraction of sp³-hybridized carbons (Fsp3) is 0.294. The maximum Gasteiger partial charge on any atom is 0.210 e. The number of nitrogen functional groups attached to an aromatic ring is 1. The maximum absolute atomic E-state index is 11.4. The van der Waals surface area contributed by atoms with Crippen molar-refractivity contribution >= 4 is 56.9 Å². The summed E-state index contributed by atoms with van der Waals surface area (Å²) in [5.74, 6) is 0. The number of nitrogens with one attached hydrogen (secondary N) is 2. The minimum atomic E-state index is 0.430. The monoisotopic (exact) mass is 550 g/mol. The van der Waals surface area contributed by atoms with Crippen molar-refractivity contribution < 1.29 is 4.79 Å². The molecule has 4 N–H and O–H groups in total. The van der Waals surface area contributed by atoms with Gasteiger partial charge in [0.2, 0.25) is 6.41 Å². The van der Waals surface area contributed by atoms with Crippen molar-refractivity contribution in [2.45, 2.75) is 26.7 Å². The minimum absolute atomic E-state index is 0.430. The van der Waals surface area contributed by atoms with Crippen LogP contribution in [0.4, 0.5) is 22.7 Å². The summed E-state index contributed by atoms with van der Waals surface area (Å²) in [6.45, 7) is 11.4. The maximum atomic E-state index is 11.4. The van der Waals surface area contributed by atoms with Crippen LogP contribution in [-0.4, -0.2) is 62.7 Å². The Labute approximate surface area is 243 Å². The highest BCUT2D eigenvalue weighted by Gasteiger charge is 2.12. The normalized spacial score (nSPS) is 11.4. The number of carbonyl (C=O) groups is 1. The zero-order valence-corrected chi connectivity index (χ0v) is 24.7. The van der Waals surface area contributed by atoms with Gasteiger partial charge in [-0.15, -0.1) is 0 Å². The van der Waals surface area contributed by atoms with Gasteiger partial charge in [0.15, 0.2) is 0 Å². The number of rotatable bonds is 14. The van der Waals surface area contributed by atoms with Crippen molar-refractivity contribution in [1.29, 1.82) is 0 Å². The molecule has 0 aliphatic heterocycles. The molecule has 0 aliphatic carbocycles. The van der Waals surface area contributed by atoms with E-state index < -0.39 is 0 Å². The van der Waals surface area contributed by atoms with Crippen LogP contribution < -0.4 is 16.4 Å². The summed E-state index contributed by atoms with van der Waals surface area (Å²) in [5.41, 5.74) is 12.8. The van der Waals surface area contributed by atoms with Crippen LogP contribution in [-0.2, 0) is 4.79 Å². The summed E-state index contributed by atoms with van der Waals surface area (Å²) >= 11 is 0. The van der Waals surface area contributed by atoms with Crippen LogP contribution in [0.1, 0.15) is 26.7 Å². The van der Waals surface area contributed by atoms with E-state index in [0.717, 1.165) is 87.8 Å². The Hall–Kier alpha value is -4.36. The van der Waals surface area contributed by atoms with Crippen LogP contribution in [0.5, 0.6) is 0 Å². The lowest BCUT2D eigenvalue weighted by atomic mass is 9.97. The van der Waals surface area contributed by atoms with Crippen molar-refractivity contribution in [2.75, 3.05) is 56.6 Å². The molecule has 0 heterocycles. The summed E-state index contributed by atoms with van der Waals surface area (Å²) < 4.78 is 0. The van der Waals surface area contributed by atoms with Crippen LogP contribution in [0.15, 0.2) is 77.9 Å². The van der Waals surface area contributed by atoms with Gasteiger partial charge in [0.1, 0.15) is 0 Å². The van der Waals surface area contributed by atoms with E-state index in [4.69, 9.17) is 10.7 Å². The Bertz CT molecular complexity index is 1560. The van der Waals surface area contributed by atoms with Gasteiger partial charge in [-0.1, -0.05) is 56.8 Å². The number of nitrogens with zero attached hydrogens (tertiary/aromatic N) is 3. The Morgan fingerprint density at radius 2 is 1.56 bits per heavy atom.